The molecule has 9 nitrogen and oxygen atoms in total. The van der Waals surface area contributed by atoms with Crippen LogP contribution < -0.4 is 10.2 Å². The Morgan fingerprint density at radius 2 is 1.87 bits per heavy atom. The molecule has 0 spiro atoms. The van der Waals surface area contributed by atoms with Crippen molar-refractivity contribution in [1.29, 1.82) is 5.26 Å². The Balaban J connectivity index is 1.94. The van der Waals surface area contributed by atoms with Gasteiger partial charge >= 0.3 is 0 Å². The van der Waals surface area contributed by atoms with E-state index in [0.717, 1.165) is 6.26 Å². The van der Waals surface area contributed by atoms with Gasteiger partial charge in [0.2, 0.25) is 0 Å². The van der Waals surface area contributed by atoms with Crippen LogP contribution in [-0.4, -0.2) is 49.6 Å². The number of nitriles is 1. The second-order valence-corrected chi connectivity index (χ2v) is 9.03. The maximum Gasteiger partial charge on any atom is 0.255 e. The predicted octanol–water partition coefficient (Wildman–Crippen LogP) is 2.44. The zero-order valence-electron chi connectivity index (χ0n) is 17.4. The van der Waals surface area contributed by atoms with E-state index in [0.29, 0.717) is 33.9 Å². The zero-order chi connectivity index (χ0) is 22.8. The molecule has 0 radical (unpaired) electrons. The van der Waals surface area contributed by atoms with Crippen LogP contribution in [0.2, 0.25) is 0 Å². The molecule has 10 heteroatoms. The molecule has 0 aromatic carbocycles. The van der Waals surface area contributed by atoms with Gasteiger partial charge in [0.25, 0.3) is 5.91 Å². The molecule has 0 saturated heterocycles. The van der Waals surface area contributed by atoms with Crippen molar-refractivity contribution >= 4 is 27.2 Å². The van der Waals surface area contributed by atoms with E-state index in [2.05, 4.69) is 26.3 Å². The number of rotatable bonds is 5. The van der Waals surface area contributed by atoms with Gasteiger partial charge in [-0.05, 0) is 31.2 Å². The highest BCUT2D eigenvalue weighted by atomic mass is 32.2. The fourth-order valence-corrected chi connectivity index (χ4v) is 3.49. The summed E-state index contributed by atoms with van der Waals surface area (Å²) in [6.07, 6.45) is 5.44. The fourth-order valence-electron chi connectivity index (χ4n) is 2.89. The van der Waals surface area contributed by atoms with E-state index >= 15 is 0 Å². The van der Waals surface area contributed by atoms with Crippen molar-refractivity contribution in [2.75, 3.05) is 30.6 Å². The first-order chi connectivity index (χ1) is 14.6. The minimum absolute atomic E-state index is 0.154. The third-order valence-corrected chi connectivity index (χ3v) is 5.43. The minimum Gasteiger partial charge on any atom is -0.362 e. The van der Waals surface area contributed by atoms with Gasteiger partial charge in [-0.3, -0.25) is 9.78 Å². The number of aromatic nitrogens is 3. The zero-order valence-corrected chi connectivity index (χ0v) is 18.2. The summed E-state index contributed by atoms with van der Waals surface area (Å²) < 4.78 is 23.4. The number of hydrogen-bond acceptors (Lipinski definition) is 8. The third-order valence-electron chi connectivity index (χ3n) is 4.44. The van der Waals surface area contributed by atoms with Crippen molar-refractivity contribution in [2.45, 2.75) is 11.9 Å². The van der Waals surface area contributed by atoms with Crippen molar-refractivity contribution < 1.29 is 13.2 Å². The lowest BCUT2D eigenvalue weighted by molar-refractivity contribution is 0.102. The normalized spacial score (nSPS) is 10.9. The molecule has 3 aromatic heterocycles. The average Bonchev–Trinajstić information content (AvgIpc) is 2.74. The van der Waals surface area contributed by atoms with Crippen LogP contribution in [0.1, 0.15) is 21.6 Å². The monoisotopic (exact) mass is 436 g/mol. The number of nitrogens with zero attached hydrogens (tertiary/aromatic N) is 5. The molecule has 31 heavy (non-hydrogen) atoms. The highest BCUT2D eigenvalue weighted by Gasteiger charge is 2.15. The smallest absolute Gasteiger partial charge is 0.255 e. The lowest BCUT2D eigenvalue weighted by Crippen LogP contribution is -2.14. The van der Waals surface area contributed by atoms with E-state index in [9.17, 15) is 18.5 Å². The third kappa shape index (κ3) is 4.84. The molecule has 0 aliphatic heterocycles. The number of pyridine rings is 3. The molecule has 0 fully saturated rings. The maximum atomic E-state index is 12.6. The second-order valence-electron chi connectivity index (χ2n) is 7.07. The number of aryl methyl sites for hydroxylation is 1. The standard InChI is InChI=1S/C21H20N6O3S/c1-13-18(16-7-15(10-22)20(25-11-16)27(2)3)9-17(12-24-13)26-21(28)14-5-6-23-19(8-14)31(4,29)30/h5-9,11-12H,1-4H3,(H,26,28). The van der Waals surface area contributed by atoms with Crippen LogP contribution in [0.3, 0.4) is 0 Å². The van der Waals surface area contributed by atoms with Crippen LogP contribution in [0.15, 0.2) is 47.9 Å². The van der Waals surface area contributed by atoms with Crippen LogP contribution in [0.5, 0.6) is 0 Å². The Hall–Kier alpha value is -3.84. The van der Waals surface area contributed by atoms with E-state index in [4.69, 9.17) is 0 Å². The number of anilines is 2. The van der Waals surface area contributed by atoms with E-state index in [1.807, 2.05) is 6.92 Å². The topological polar surface area (TPSA) is 129 Å². The van der Waals surface area contributed by atoms with Gasteiger partial charge in [0, 0.05) is 55.1 Å². The van der Waals surface area contributed by atoms with Gasteiger partial charge in [0.1, 0.15) is 11.9 Å². The molecule has 0 atom stereocenters. The first kappa shape index (κ1) is 21.9. The SMILES string of the molecule is Cc1ncc(NC(=O)c2ccnc(S(C)(=O)=O)c2)cc1-c1cnc(N(C)C)c(C#N)c1. The molecule has 3 aromatic rings. The first-order valence-corrected chi connectivity index (χ1v) is 11.0. The lowest BCUT2D eigenvalue weighted by Gasteiger charge is -2.15. The van der Waals surface area contributed by atoms with Crippen molar-refractivity contribution in [2.24, 2.45) is 0 Å². The molecule has 3 rings (SSSR count). The summed E-state index contributed by atoms with van der Waals surface area (Å²) in [5.41, 5.74) is 3.08. The molecule has 0 unspecified atom stereocenters. The molecule has 0 aliphatic rings. The first-order valence-electron chi connectivity index (χ1n) is 9.12. The molecule has 0 bridgehead atoms. The van der Waals surface area contributed by atoms with Crippen LogP contribution in [0.4, 0.5) is 11.5 Å². The van der Waals surface area contributed by atoms with E-state index in [1.54, 1.807) is 37.3 Å². The number of amides is 1. The Morgan fingerprint density at radius 1 is 1.13 bits per heavy atom. The molecular formula is C21H20N6O3S. The number of carbonyl (C=O) groups is 1. The number of carbonyl (C=O) groups excluding carboxylic acids is 1. The van der Waals surface area contributed by atoms with Gasteiger partial charge in [-0.2, -0.15) is 5.26 Å². The van der Waals surface area contributed by atoms with Gasteiger partial charge in [-0.1, -0.05) is 0 Å². The summed E-state index contributed by atoms with van der Waals surface area (Å²) in [5.74, 6) is 0.0587. The minimum atomic E-state index is -3.54. The van der Waals surface area contributed by atoms with Crippen LogP contribution in [0.25, 0.3) is 11.1 Å². The Labute approximate surface area is 180 Å². The number of nitrogens with one attached hydrogen (secondary N) is 1. The fraction of sp³-hybridized carbons (Fsp3) is 0.190. The van der Waals surface area contributed by atoms with Crippen LogP contribution in [-0.2, 0) is 9.84 Å². The Bertz CT molecular complexity index is 1310. The molecule has 0 saturated carbocycles. The molecule has 3 heterocycles. The number of hydrogen-bond donors (Lipinski definition) is 1. The second kappa shape index (κ2) is 8.49. The van der Waals surface area contributed by atoms with Crippen molar-refractivity contribution in [3.05, 3.63) is 59.7 Å². The Kier molecular flexibility index (Phi) is 5.99. The van der Waals surface area contributed by atoms with Gasteiger partial charge in [0.05, 0.1) is 17.4 Å². The molecule has 1 N–H and O–H groups in total. The van der Waals surface area contributed by atoms with Crippen LogP contribution in [0, 0.1) is 18.3 Å². The quantitative estimate of drug-likeness (QED) is 0.646. The molecule has 0 aliphatic carbocycles. The summed E-state index contributed by atoms with van der Waals surface area (Å²) in [7, 11) is 0.0747. The van der Waals surface area contributed by atoms with E-state index in [-0.39, 0.29) is 10.6 Å². The summed E-state index contributed by atoms with van der Waals surface area (Å²) in [6.45, 7) is 1.81. The molecule has 1 amide bonds. The number of sulfone groups is 1. The summed E-state index contributed by atoms with van der Waals surface area (Å²) in [4.78, 5) is 26.9. The van der Waals surface area contributed by atoms with Gasteiger partial charge in [0.15, 0.2) is 14.9 Å². The summed E-state index contributed by atoms with van der Waals surface area (Å²) >= 11 is 0. The van der Waals surface area contributed by atoms with Crippen molar-refractivity contribution in [3.63, 3.8) is 0 Å². The molecular weight excluding hydrogens is 416 g/mol. The largest absolute Gasteiger partial charge is 0.362 e. The van der Waals surface area contributed by atoms with Gasteiger partial charge in [-0.15, -0.1) is 0 Å². The highest BCUT2D eigenvalue weighted by Crippen LogP contribution is 2.28. The summed E-state index contributed by atoms with van der Waals surface area (Å²) in [6, 6.07) is 8.24. The maximum absolute atomic E-state index is 12.6. The lowest BCUT2D eigenvalue weighted by atomic mass is 10.0. The average molecular weight is 436 g/mol. The highest BCUT2D eigenvalue weighted by molar-refractivity contribution is 7.90. The van der Waals surface area contributed by atoms with Gasteiger partial charge in [-0.25, -0.2) is 18.4 Å². The van der Waals surface area contributed by atoms with Gasteiger partial charge < -0.3 is 10.2 Å². The van der Waals surface area contributed by atoms with E-state index < -0.39 is 15.7 Å². The summed E-state index contributed by atoms with van der Waals surface area (Å²) in [5, 5.41) is 12.0. The Morgan fingerprint density at radius 3 is 2.52 bits per heavy atom. The van der Waals surface area contributed by atoms with Crippen molar-refractivity contribution in [3.8, 4) is 17.2 Å². The van der Waals surface area contributed by atoms with E-state index in [1.165, 1.54) is 24.5 Å². The predicted molar refractivity (Wildman–Crippen MR) is 117 cm³/mol. The molecule has 158 valence electrons. The van der Waals surface area contributed by atoms with Crippen molar-refractivity contribution in [1.82, 2.24) is 15.0 Å². The van der Waals surface area contributed by atoms with Crippen LogP contribution >= 0.6 is 0 Å².